The van der Waals surface area contributed by atoms with E-state index < -0.39 is 0 Å². The molecule has 24 heavy (non-hydrogen) atoms. The lowest BCUT2D eigenvalue weighted by Gasteiger charge is -2.20. The minimum Gasteiger partial charge on any atom is -0.357 e. The predicted molar refractivity (Wildman–Crippen MR) is 101 cm³/mol. The Morgan fingerprint density at radius 1 is 1.12 bits per heavy atom. The number of para-hydroxylation sites is 1. The lowest BCUT2D eigenvalue weighted by atomic mass is 10.1. The minimum absolute atomic E-state index is 0.0529. The molecular formula is C20H27N3O. The standard InChI is InChI=1S/C20H27N3O/c1-4-17-9-7-8-10-18(17)22-20(24)12-11-16-13-14-21-19(15-16)23(5-2)6-3/h7-10,13-15H,4-6,11-12H2,1-3H3,(H,22,24). The molecule has 0 aliphatic rings. The van der Waals surface area contributed by atoms with Gasteiger partial charge in [-0.3, -0.25) is 4.79 Å². The number of benzene rings is 1. The Labute approximate surface area is 144 Å². The molecule has 0 atom stereocenters. The van der Waals surface area contributed by atoms with Crippen LogP contribution >= 0.6 is 0 Å². The quantitative estimate of drug-likeness (QED) is 0.796. The van der Waals surface area contributed by atoms with Crippen molar-refractivity contribution in [1.29, 1.82) is 0 Å². The first-order valence-electron chi connectivity index (χ1n) is 8.75. The summed E-state index contributed by atoms with van der Waals surface area (Å²) in [4.78, 5) is 18.9. The van der Waals surface area contributed by atoms with Gasteiger partial charge in [0, 0.05) is 31.4 Å². The molecule has 0 saturated heterocycles. The first kappa shape index (κ1) is 18.0. The fourth-order valence-electron chi connectivity index (χ4n) is 2.76. The van der Waals surface area contributed by atoms with Gasteiger partial charge in [-0.2, -0.15) is 0 Å². The van der Waals surface area contributed by atoms with Gasteiger partial charge in [0.2, 0.25) is 5.91 Å². The number of aryl methyl sites for hydroxylation is 2. The van der Waals surface area contributed by atoms with Gasteiger partial charge < -0.3 is 10.2 Å². The highest BCUT2D eigenvalue weighted by molar-refractivity contribution is 5.91. The fourth-order valence-corrected chi connectivity index (χ4v) is 2.76. The molecule has 1 heterocycles. The molecule has 0 bridgehead atoms. The van der Waals surface area contributed by atoms with Crippen molar-refractivity contribution in [3.8, 4) is 0 Å². The number of hydrogen-bond acceptors (Lipinski definition) is 3. The van der Waals surface area contributed by atoms with Gasteiger partial charge in [-0.1, -0.05) is 25.1 Å². The summed E-state index contributed by atoms with van der Waals surface area (Å²) in [7, 11) is 0. The van der Waals surface area contributed by atoms with Crippen LogP contribution in [0.5, 0.6) is 0 Å². The first-order valence-corrected chi connectivity index (χ1v) is 8.75. The van der Waals surface area contributed by atoms with Gasteiger partial charge in [0.05, 0.1) is 0 Å². The second kappa shape index (κ2) is 9.06. The van der Waals surface area contributed by atoms with E-state index in [1.807, 2.05) is 30.5 Å². The van der Waals surface area contributed by atoms with Gasteiger partial charge in [-0.15, -0.1) is 0 Å². The monoisotopic (exact) mass is 325 g/mol. The van der Waals surface area contributed by atoms with Gasteiger partial charge in [0.1, 0.15) is 5.82 Å². The van der Waals surface area contributed by atoms with Gasteiger partial charge in [-0.05, 0) is 56.0 Å². The fraction of sp³-hybridized carbons (Fsp3) is 0.400. The number of carbonyl (C=O) groups is 1. The molecule has 128 valence electrons. The van der Waals surface area contributed by atoms with Crippen molar-refractivity contribution in [1.82, 2.24) is 4.98 Å². The average molecular weight is 325 g/mol. The SMILES string of the molecule is CCc1ccccc1NC(=O)CCc1ccnc(N(CC)CC)c1. The zero-order chi connectivity index (χ0) is 17.4. The molecule has 0 radical (unpaired) electrons. The maximum atomic E-state index is 12.2. The smallest absolute Gasteiger partial charge is 0.224 e. The normalized spacial score (nSPS) is 10.5. The molecular weight excluding hydrogens is 298 g/mol. The van der Waals surface area contributed by atoms with Crippen molar-refractivity contribution in [3.63, 3.8) is 0 Å². The van der Waals surface area contributed by atoms with Crippen molar-refractivity contribution in [2.24, 2.45) is 0 Å². The van der Waals surface area contributed by atoms with Crippen LogP contribution in [0.2, 0.25) is 0 Å². The van der Waals surface area contributed by atoms with E-state index in [9.17, 15) is 4.79 Å². The van der Waals surface area contributed by atoms with Gasteiger partial charge in [-0.25, -0.2) is 4.98 Å². The van der Waals surface area contributed by atoms with E-state index >= 15 is 0 Å². The van der Waals surface area contributed by atoms with Crippen LogP contribution in [-0.4, -0.2) is 24.0 Å². The Bertz CT molecular complexity index is 665. The van der Waals surface area contributed by atoms with E-state index in [1.54, 1.807) is 0 Å². The lowest BCUT2D eigenvalue weighted by Crippen LogP contribution is -2.23. The van der Waals surface area contributed by atoms with Crippen LogP contribution < -0.4 is 10.2 Å². The first-order chi connectivity index (χ1) is 11.7. The molecule has 1 N–H and O–H groups in total. The summed E-state index contributed by atoms with van der Waals surface area (Å²) in [6.45, 7) is 8.20. The summed E-state index contributed by atoms with van der Waals surface area (Å²) < 4.78 is 0. The molecule has 0 aliphatic carbocycles. The Kier molecular flexibility index (Phi) is 6.79. The molecule has 1 amide bonds. The van der Waals surface area contributed by atoms with Crippen LogP contribution in [0.4, 0.5) is 11.5 Å². The van der Waals surface area contributed by atoms with Crippen molar-refractivity contribution in [2.45, 2.75) is 40.0 Å². The van der Waals surface area contributed by atoms with Crippen LogP contribution in [0, 0.1) is 0 Å². The topological polar surface area (TPSA) is 45.2 Å². The summed E-state index contributed by atoms with van der Waals surface area (Å²) in [6, 6.07) is 12.0. The molecule has 1 aromatic heterocycles. The zero-order valence-electron chi connectivity index (χ0n) is 14.9. The number of amides is 1. The number of rotatable bonds is 8. The van der Waals surface area contributed by atoms with Gasteiger partial charge in [0.25, 0.3) is 0 Å². The molecule has 0 unspecified atom stereocenters. The summed E-state index contributed by atoms with van der Waals surface area (Å²) in [5.74, 6) is 1.03. The van der Waals surface area contributed by atoms with Crippen LogP contribution in [0.25, 0.3) is 0 Å². The number of nitrogens with zero attached hydrogens (tertiary/aromatic N) is 2. The molecule has 2 aromatic rings. The molecule has 0 aliphatic heterocycles. The van der Waals surface area contributed by atoms with Crippen LogP contribution in [0.3, 0.4) is 0 Å². The second-order valence-corrected chi connectivity index (χ2v) is 5.75. The molecule has 4 nitrogen and oxygen atoms in total. The third kappa shape index (κ3) is 4.82. The van der Waals surface area contributed by atoms with Crippen LogP contribution in [0.15, 0.2) is 42.6 Å². The summed E-state index contributed by atoms with van der Waals surface area (Å²) >= 11 is 0. The third-order valence-corrected chi connectivity index (χ3v) is 4.21. The van der Waals surface area contributed by atoms with E-state index in [0.29, 0.717) is 6.42 Å². The number of pyridine rings is 1. The number of nitrogens with one attached hydrogen (secondary N) is 1. The van der Waals surface area contributed by atoms with Crippen molar-refractivity contribution >= 4 is 17.4 Å². The lowest BCUT2D eigenvalue weighted by molar-refractivity contribution is -0.116. The van der Waals surface area contributed by atoms with E-state index in [-0.39, 0.29) is 5.91 Å². The molecule has 2 rings (SSSR count). The number of hydrogen-bond donors (Lipinski definition) is 1. The van der Waals surface area contributed by atoms with Crippen molar-refractivity contribution in [3.05, 3.63) is 53.7 Å². The highest BCUT2D eigenvalue weighted by Crippen LogP contribution is 2.17. The molecule has 4 heteroatoms. The maximum Gasteiger partial charge on any atom is 0.224 e. The summed E-state index contributed by atoms with van der Waals surface area (Å²) in [5, 5.41) is 3.03. The molecule has 1 aromatic carbocycles. The van der Waals surface area contributed by atoms with E-state index in [2.05, 4.69) is 48.1 Å². The Morgan fingerprint density at radius 2 is 1.88 bits per heavy atom. The Hall–Kier alpha value is -2.36. The number of aromatic nitrogens is 1. The Morgan fingerprint density at radius 3 is 2.58 bits per heavy atom. The molecule has 0 fully saturated rings. The largest absolute Gasteiger partial charge is 0.357 e. The number of carbonyl (C=O) groups excluding carboxylic acids is 1. The van der Waals surface area contributed by atoms with Gasteiger partial charge >= 0.3 is 0 Å². The minimum atomic E-state index is 0.0529. The average Bonchev–Trinajstić information content (AvgIpc) is 2.62. The van der Waals surface area contributed by atoms with Gasteiger partial charge in [0.15, 0.2) is 0 Å². The van der Waals surface area contributed by atoms with E-state index in [4.69, 9.17) is 0 Å². The van der Waals surface area contributed by atoms with Crippen LogP contribution in [0.1, 0.15) is 38.3 Å². The highest BCUT2D eigenvalue weighted by Gasteiger charge is 2.08. The zero-order valence-corrected chi connectivity index (χ0v) is 14.9. The van der Waals surface area contributed by atoms with Crippen molar-refractivity contribution < 1.29 is 4.79 Å². The Balaban J connectivity index is 1.95. The highest BCUT2D eigenvalue weighted by atomic mass is 16.1. The molecule has 0 spiro atoms. The summed E-state index contributed by atoms with van der Waals surface area (Å²) in [5.41, 5.74) is 3.23. The number of anilines is 2. The maximum absolute atomic E-state index is 12.2. The van der Waals surface area contributed by atoms with E-state index in [1.165, 1.54) is 5.56 Å². The van der Waals surface area contributed by atoms with Crippen molar-refractivity contribution in [2.75, 3.05) is 23.3 Å². The predicted octanol–water partition coefficient (Wildman–Crippen LogP) is 4.06. The second-order valence-electron chi connectivity index (χ2n) is 5.75. The molecule has 0 saturated carbocycles. The van der Waals surface area contributed by atoms with E-state index in [0.717, 1.165) is 43.0 Å². The third-order valence-electron chi connectivity index (χ3n) is 4.21. The van der Waals surface area contributed by atoms with Crippen LogP contribution in [-0.2, 0) is 17.6 Å². The summed E-state index contributed by atoms with van der Waals surface area (Å²) in [6.07, 6.45) is 3.93.